The molecule has 1 aromatic carbocycles. The Morgan fingerprint density at radius 1 is 1.13 bits per heavy atom. The highest BCUT2D eigenvalue weighted by molar-refractivity contribution is 5.24. The fourth-order valence-electron chi connectivity index (χ4n) is 4.52. The maximum absolute atomic E-state index is 5.54. The minimum Gasteiger partial charge on any atom is -0.339 e. The highest BCUT2D eigenvalue weighted by Gasteiger charge is 2.46. The molecule has 1 saturated carbocycles. The van der Waals surface area contributed by atoms with E-state index in [1.807, 2.05) is 0 Å². The van der Waals surface area contributed by atoms with E-state index in [-0.39, 0.29) is 0 Å². The Labute approximate surface area is 136 Å². The summed E-state index contributed by atoms with van der Waals surface area (Å²) in [4.78, 5) is 7.43. The number of rotatable bonds is 4. The second-order valence-electron chi connectivity index (χ2n) is 7.41. The zero-order valence-corrected chi connectivity index (χ0v) is 13.4. The van der Waals surface area contributed by atoms with Gasteiger partial charge in [-0.1, -0.05) is 35.5 Å². The van der Waals surface area contributed by atoms with Crippen molar-refractivity contribution in [2.45, 2.75) is 56.5 Å². The summed E-state index contributed by atoms with van der Waals surface area (Å²) in [7, 11) is 0. The van der Waals surface area contributed by atoms with Crippen LogP contribution in [0.25, 0.3) is 0 Å². The Hall–Kier alpha value is -1.68. The molecule has 0 radical (unpaired) electrons. The molecule has 23 heavy (non-hydrogen) atoms. The smallest absolute Gasteiger partial charge is 0.226 e. The first-order valence-electron chi connectivity index (χ1n) is 9.01. The molecule has 4 heteroatoms. The molecule has 0 N–H and O–H groups in total. The quantitative estimate of drug-likeness (QED) is 0.863. The Bertz CT molecular complexity index is 679. The Morgan fingerprint density at radius 2 is 2.00 bits per heavy atom. The lowest BCUT2D eigenvalue weighted by molar-refractivity contribution is 0.243. The van der Waals surface area contributed by atoms with Crippen molar-refractivity contribution in [3.63, 3.8) is 0 Å². The van der Waals surface area contributed by atoms with Gasteiger partial charge in [0.25, 0.3) is 0 Å². The molecule has 2 saturated heterocycles. The lowest BCUT2D eigenvalue weighted by Crippen LogP contribution is -2.27. The monoisotopic (exact) mass is 309 g/mol. The standard InChI is InChI=1S/C19H23N3O/c1-2-5-14(6-3-1)17-12-15(16-7-4-10-22(16)17)19-20-18(23-21-19)11-13-8-9-13/h1-3,5-6,13,15-17H,4,7-12H2/t15-,16+,17-/m1/s1. The van der Waals surface area contributed by atoms with E-state index in [0.29, 0.717) is 18.0 Å². The minimum atomic E-state index is 0.430. The molecule has 0 bridgehead atoms. The second kappa shape index (κ2) is 5.45. The van der Waals surface area contributed by atoms with E-state index in [2.05, 4.69) is 40.4 Å². The van der Waals surface area contributed by atoms with Crippen molar-refractivity contribution in [3.8, 4) is 0 Å². The van der Waals surface area contributed by atoms with Gasteiger partial charge in [0.15, 0.2) is 5.82 Å². The summed E-state index contributed by atoms with van der Waals surface area (Å²) in [5, 5.41) is 4.35. The number of hydrogen-bond donors (Lipinski definition) is 0. The van der Waals surface area contributed by atoms with E-state index in [9.17, 15) is 0 Å². The molecular formula is C19H23N3O. The van der Waals surface area contributed by atoms with Crippen LogP contribution >= 0.6 is 0 Å². The van der Waals surface area contributed by atoms with Gasteiger partial charge in [-0.3, -0.25) is 4.90 Å². The summed E-state index contributed by atoms with van der Waals surface area (Å²) in [6.45, 7) is 1.20. The predicted molar refractivity (Wildman–Crippen MR) is 87.0 cm³/mol. The minimum absolute atomic E-state index is 0.430. The summed E-state index contributed by atoms with van der Waals surface area (Å²) >= 11 is 0. The summed E-state index contributed by atoms with van der Waals surface area (Å²) < 4.78 is 5.54. The molecule has 3 aliphatic rings. The van der Waals surface area contributed by atoms with E-state index in [1.165, 1.54) is 37.8 Å². The molecular weight excluding hydrogens is 286 g/mol. The van der Waals surface area contributed by atoms with Gasteiger partial charge >= 0.3 is 0 Å². The molecule has 4 nitrogen and oxygen atoms in total. The third-order valence-electron chi connectivity index (χ3n) is 5.84. The van der Waals surface area contributed by atoms with E-state index in [4.69, 9.17) is 9.51 Å². The molecule has 120 valence electrons. The van der Waals surface area contributed by atoms with Gasteiger partial charge in [-0.05, 0) is 50.1 Å². The van der Waals surface area contributed by atoms with Crippen LogP contribution in [-0.2, 0) is 6.42 Å². The van der Waals surface area contributed by atoms with Crippen molar-refractivity contribution in [3.05, 3.63) is 47.6 Å². The van der Waals surface area contributed by atoms with Gasteiger partial charge in [0.05, 0.1) is 0 Å². The zero-order valence-electron chi connectivity index (χ0n) is 13.4. The molecule has 1 aliphatic carbocycles. The van der Waals surface area contributed by atoms with Crippen molar-refractivity contribution < 1.29 is 4.52 Å². The Morgan fingerprint density at radius 3 is 2.83 bits per heavy atom. The topological polar surface area (TPSA) is 42.2 Å². The van der Waals surface area contributed by atoms with Crippen molar-refractivity contribution in [2.24, 2.45) is 5.92 Å². The van der Waals surface area contributed by atoms with Crippen molar-refractivity contribution in [2.75, 3.05) is 6.54 Å². The first-order chi connectivity index (χ1) is 11.4. The summed E-state index contributed by atoms with van der Waals surface area (Å²) in [5.41, 5.74) is 1.43. The average Bonchev–Trinajstić information content (AvgIpc) is 2.99. The van der Waals surface area contributed by atoms with Gasteiger partial charge in [-0.15, -0.1) is 0 Å². The number of fused-ring (bicyclic) bond motifs is 1. The van der Waals surface area contributed by atoms with Crippen LogP contribution in [0.15, 0.2) is 34.9 Å². The van der Waals surface area contributed by atoms with Gasteiger partial charge < -0.3 is 4.52 Å². The van der Waals surface area contributed by atoms with E-state index >= 15 is 0 Å². The van der Waals surface area contributed by atoms with Crippen molar-refractivity contribution in [1.82, 2.24) is 15.0 Å². The molecule has 3 heterocycles. The maximum atomic E-state index is 5.54. The molecule has 2 aliphatic heterocycles. The summed E-state index contributed by atoms with van der Waals surface area (Å²) in [6, 6.07) is 12.0. The van der Waals surface area contributed by atoms with Gasteiger partial charge in [-0.2, -0.15) is 4.98 Å². The van der Waals surface area contributed by atoms with Gasteiger partial charge in [-0.25, -0.2) is 0 Å². The van der Waals surface area contributed by atoms with E-state index in [0.717, 1.165) is 30.5 Å². The molecule has 2 aromatic rings. The SMILES string of the molecule is c1ccc([C@H]2C[C@@H](c3noc(CC4CC4)n3)[C@@H]3CCCN23)cc1. The molecule has 5 rings (SSSR count). The number of benzene rings is 1. The average molecular weight is 309 g/mol. The van der Waals surface area contributed by atoms with Crippen LogP contribution in [0.2, 0.25) is 0 Å². The third kappa shape index (κ3) is 2.49. The van der Waals surface area contributed by atoms with Crippen LogP contribution in [0.5, 0.6) is 0 Å². The molecule has 1 aromatic heterocycles. The van der Waals surface area contributed by atoms with Crippen LogP contribution < -0.4 is 0 Å². The number of hydrogen-bond acceptors (Lipinski definition) is 4. The first kappa shape index (κ1) is 13.7. The summed E-state index contributed by atoms with van der Waals surface area (Å²) in [5.74, 6) is 3.04. The third-order valence-corrected chi connectivity index (χ3v) is 5.84. The van der Waals surface area contributed by atoms with Crippen molar-refractivity contribution in [1.29, 1.82) is 0 Å². The van der Waals surface area contributed by atoms with Gasteiger partial charge in [0, 0.05) is 24.4 Å². The molecule has 0 amide bonds. The lowest BCUT2D eigenvalue weighted by atomic mass is 9.94. The fraction of sp³-hybridized carbons (Fsp3) is 0.579. The van der Waals surface area contributed by atoms with E-state index in [1.54, 1.807) is 0 Å². The Kier molecular flexibility index (Phi) is 3.25. The zero-order chi connectivity index (χ0) is 15.2. The van der Waals surface area contributed by atoms with Crippen LogP contribution in [0, 0.1) is 5.92 Å². The normalized spacial score (nSPS) is 30.7. The fourth-order valence-corrected chi connectivity index (χ4v) is 4.52. The van der Waals surface area contributed by atoms with E-state index < -0.39 is 0 Å². The Balaban J connectivity index is 1.41. The second-order valence-corrected chi connectivity index (χ2v) is 7.41. The highest BCUT2D eigenvalue weighted by Crippen LogP contribution is 2.48. The molecule has 0 spiro atoms. The maximum Gasteiger partial charge on any atom is 0.226 e. The molecule has 3 fully saturated rings. The highest BCUT2D eigenvalue weighted by atomic mass is 16.5. The van der Waals surface area contributed by atoms with Crippen LogP contribution in [0.3, 0.4) is 0 Å². The van der Waals surface area contributed by atoms with Crippen molar-refractivity contribution >= 4 is 0 Å². The van der Waals surface area contributed by atoms with Crippen LogP contribution in [0.1, 0.15) is 61.3 Å². The van der Waals surface area contributed by atoms with Gasteiger partial charge in [0.1, 0.15) is 0 Å². The molecule has 0 unspecified atom stereocenters. The molecule has 3 atom stereocenters. The largest absolute Gasteiger partial charge is 0.339 e. The summed E-state index contributed by atoms with van der Waals surface area (Å²) in [6.07, 6.45) is 7.31. The number of aromatic nitrogens is 2. The first-order valence-corrected chi connectivity index (χ1v) is 9.01. The van der Waals surface area contributed by atoms with Crippen LogP contribution in [0.4, 0.5) is 0 Å². The number of nitrogens with zero attached hydrogens (tertiary/aromatic N) is 3. The lowest BCUT2D eigenvalue weighted by Gasteiger charge is -2.24. The van der Waals surface area contributed by atoms with Crippen LogP contribution in [-0.4, -0.2) is 27.6 Å². The van der Waals surface area contributed by atoms with Gasteiger partial charge in [0.2, 0.25) is 5.89 Å². The predicted octanol–water partition coefficient (Wildman–Crippen LogP) is 3.72.